The van der Waals surface area contributed by atoms with Crippen molar-refractivity contribution in [3.05, 3.63) is 23.6 Å². The molecule has 2 rings (SSSR count). The van der Waals surface area contributed by atoms with E-state index < -0.39 is 17.5 Å². The molecule has 1 amide bonds. The highest BCUT2D eigenvalue weighted by Crippen LogP contribution is 2.51. The lowest BCUT2D eigenvalue weighted by atomic mass is 10.1. The summed E-state index contributed by atoms with van der Waals surface area (Å²) in [5.74, 6) is -0.254. The van der Waals surface area contributed by atoms with E-state index in [-0.39, 0.29) is 5.88 Å². The Morgan fingerprint density at radius 3 is 2.81 bits per heavy atom. The first-order valence-corrected chi connectivity index (χ1v) is 4.76. The molecule has 0 aromatic carbocycles. The summed E-state index contributed by atoms with van der Waals surface area (Å²) < 4.78 is 23.1. The Labute approximate surface area is 91.4 Å². The van der Waals surface area contributed by atoms with Crippen molar-refractivity contribution in [2.45, 2.75) is 18.4 Å². The Morgan fingerprint density at radius 2 is 2.31 bits per heavy atom. The number of hydrogen-bond donors (Lipinski definition) is 1. The van der Waals surface area contributed by atoms with E-state index in [0.717, 1.165) is 6.20 Å². The molecular weight excluding hydrogens is 215 g/mol. The fourth-order valence-corrected chi connectivity index (χ4v) is 1.65. The van der Waals surface area contributed by atoms with Crippen LogP contribution in [0.4, 0.5) is 9.18 Å². The third-order valence-corrected chi connectivity index (χ3v) is 2.50. The zero-order valence-electron chi connectivity index (χ0n) is 8.70. The van der Waals surface area contributed by atoms with Crippen LogP contribution >= 0.6 is 0 Å². The molecule has 1 fully saturated rings. The number of halogens is 1. The second-order valence-corrected chi connectivity index (χ2v) is 3.63. The molecular formula is C10H11FN2O3. The molecule has 0 unspecified atom stereocenters. The van der Waals surface area contributed by atoms with Gasteiger partial charge >= 0.3 is 6.09 Å². The number of amides is 1. The molecule has 0 radical (unpaired) electrons. The lowest BCUT2D eigenvalue weighted by Gasteiger charge is -2.17. The van der Waals surface area contributed by atoms with Gasteiger partial charge in [-0.25, -0.2) is 14.2 Å². The van der Waals surface area contributed by atoms with Crippen LogP contribution in [-0.2, 0) is 10.3 Å². The highest BCUT2D eigenvalue weighted by Gasteiger charge is 2.51. The Balaban J connectivity index is 2.38. The average Bonchev–Trinajstić information content (AvgIpc) is 2.98. The van der Waals surface area contributed by atoms with Crippen molar-refractivity contribution >= 4 is 6.09 Å². The Morgan fingerprint density at radius 1 is 1.62 bits per heavy atom. The first-order valence-electron chi connectivity index (χ1n) is 4.76. The van der Waals surface area contributed by atoms with E-state index >= 15 is 0 Å². The summed E-state index contributed by atoms with van der Waals surface area (Å²) in [5, 5.41) is 0. The molecule has 5 nitrogen and oxygen atoms in total. The maximum atomic E-state index is 13.1. The van der Waals surface area contributed by atoms with Gasteiger partial charge in [-0.2, -0.15) is 0 Å². The molecule has 6 heteroatoms. The number of carbonyl (C=O) groups is 1. The predicted molar refractivity (Wildman–Crippen MR) is 52.3 cm³/mol. The summed E-state index contributed by atoms with van der Waals surface area (Å²) in [7, 11) is 1.42. The minimum Gasteiger partial charge on any atom is -0.481 e. The van der Waals surface area contributed by atoms with Gasteiger partial charge in [0.25, 0.3) is 0 Å². The molecule has 1 aromatic rings. The molecule has 1 aliphatic carbocycles. The Bertz CT molecular complexity index is 432. The van der Waals surface area contributed by atoms with Crippen molar-refractivity contribution in [1.29, 1.82) is 0 Å². The predicted octanol–water partition coefficient (Wildman–Crippen LogP) is 1.31. The standard InChI is InChI=1S/C10H11FN2O3/c1-15-8-7(4-6(11)5-13-8)10(2-3-10)16-9(12)14/h4-5H,2-3H2,1H3,(H2,12,14). The first kappa shape index (κ1) is 10.7. The van der Waals surface area contributed by atoms with Gasteiger partial charge in [-0.15, -0.1) is 0 Å². The molecule has 0 atom stereocenters. The van der Waals surface area contributed by atoms with E-state index in [1.54, 1.807) is 0 Å². The van der Waals surface area contributed by atoms with E-state index in [9.17, 15) is 9.18 Å². The number of pyridine rings is 1. The van der Waals surface area contributed by atoms with Crippen LogP contribution in [0.2, 0.25) is 0 Å². The van der Waals surface area contributed by atoms with Gasteiger partial charge in [0, 0.05) is 0 Å². The van der Waals surface area contributed by atoms with Gasteiger partial charge in [0.15, 0.2) is 0 Å². The summed E-state index contributed by atoms with van der Waals surface area (Å²) in [6.45, 7) is 0. The quantitative estimate of drug-likeness (QED) is 0.843. The van der Waals surface area contributed by atoms with Gasteiger partial charge in [0.1, 0.15) is 11.4 Å². The minimum atomic E-state index is -0.885. The van der Waals surface area contributed by atoms with Gasteiger partial charge in [-0.05, 0) is 18.9 Å². The van der Waals surface area contributed by atoms with E-state index in [0.29, 0.717) is 18.4 Å². The first-order chi connectivity index (χ1) is 7.57. The molecule has 0 saturated heterocycles. The van der Waals surface area contributed by atoms with Crippen LogP contribution in [-0.4, -0.2) is 18.2 Å². The third-order valence-electron chi connectivity index (χ3n) is 2.50. The van der Waals surface area contributed by atoms with E-state index in [1.807, 2.05) is 0 Å². The van der Waals surface area contributed by atoms with Crippen molar-refractivity contribution < 1.29 is 18.7 Å². The number of primary amides is 1. The number of rotatable bonds is 3. The normalized spacial score (nSPS) is 16.6. The largest absolute Gasteiger partial charge is 0.481 e. The van der Waals surface area contributed by atoms with Crippen LogP contribution in [0.15, 0.2) is 12.3 Å². The number of carbonyl (C=O) groups excluding carboxylic acids is 1. The van der Waals surface area contributed by atoms with Gasteiger partial charge in [0.2, 0.25) is 5.88 Å². The second kappa shape index (κ2) is 3.62. The minimum absolute atomic E-state index is 0.250. The van der Waals surface area contributed by atoms with Gasteiger partial charge in [-0.1, -0.05) is 0 Å². The van der Waals surface area contributed by atoms with Gasteiger partial charge in [0.05, 0.1) is 18.9 Å². The molecule has 1 heterocycles. The third kappa shape index (κ3) is 1.78. The SMILES string of the molecule is COc1ncc(F)cc1C1(OC(N)=O)CC1. The van der Waals surface area contributed by atoms with Crippen molar-refractivity contribution in [1.82, 2.24) is 4.98 Å². The van der Waals surface area contributed by atoms with Gasteiger partial charge in [-0.3, -0.25) is 0 Å². The number of nitrogens with zero attached hydrogens (tertiary/aromatic N) is 1. The maximum Gasteiger partial charge on any atom is 0.405 e. The van der Waals surface area contributed by atoms with Crippen molar-refractivity contribution in [3.63, 3.8) is 0 Å². The Kier molecular flexibility index (Phi) is 2.41. The molecule has 2 N–H and O–H groups in total. The van der Waals surface area contributed by atoms with Crippen molar-refractivity contribution in [2.75, 3.05) is 7.11 Å². The van der Waals surface area contributed by atoms with Crippen molar-refractivity contribution in [2.24, 2.45) is 5.73 Å². The van der Waals surface area contributed by atoms with Crippen LogP contribution in [0.25, 0.3) is 0 Å². The zero-order valence-corrected chi connectivity index (χ0v) is 8.70. The number of aromatic nitrogens is 1. The topological polar surface area (TPSA) is 74.4 Å². The highest BCUT2D eigenvalue weighted by molar-refractivity contribution is 5.66. The molecule has 86 valence electrons. The summed E-state index contributed by atoms with van der Waals surface area (Å²) in [5.41, 5.74) is 4.54. The number of methoxy groups -OCH3 is 1. The molecule has 1 aliphatic rings. The average molecular weight is 226 g/mol. The van der Waals surface area contributed by atoms with Crippen LogP contribution in [0.5, 0.6) is 5.88 Å². The summed E-state index contributed by atoms with van der Waals surface area (Å²) >= 11 is 0. The monoisotopic (exact) mass is 226 g/mol. The van der Waals surface area contributed by atoms with Gasteiger partial charge < -0.3 is 15.2 Å². The zero-order chi connectivity index (χ0) is 11.8. The molecule has 0 spiro atoms. The fourth-order valence-electron chi connectivity index (χ4n) is 1.65. The lowest BCUT2D eigenvalue weighted by Crippen LogP contribution is -2.23. The fraction of sp³-hybridized carbons (Fsp3) is 0.400. The number of nitrogens with two attached hydrogens (primary N) is 1. The van der Waals surface area contributed by atoms with Crippen LogP contribution in [0, 0.1) is 5.82 Å². The maximum absolute atomic E-state index is 13.1. The van der Waals surface area contributed by atoms with Crippen LogP contribution < -0.4 is 10.5 Å². The summed E-state index contributed by atoms with van der Waals surface area (Å²) in [6, 6.07) is 1.25. The van der Waals surface area contributed by atoms with E-state index in [2.05, 4.69) is 4.98 Å². The second-order valence-electron chi connectivity index (χ2n) is 3.63. The van der Waals surface area contributed by atoms with Crippen LogP contribution in [0.1, 0.15) is 18.4 Å². The molecule has 16 heavy (non-hydrogen) atoms. The molecule has 1 saturated carbocycles. The van der Waals surface area contributed by atoms with Crippen molar-refractivity contribution in [3.8, 4) is 5.88 Å². The van der Waals surface area contributed by atoms with Crippen LogP contribution in [0.3, 0.4) is 0 Å². The molecule has 1 aromatic heterocycles. The van der Waals surface area contributed by atoms with E-state index in [4.69, 9.17) is 15.2 Å². The highest BCUT2D eigenvalue weighted by atomic mass is 19.1. The number of hydrogen-bond acceptors (Lipinski definition) is 4. The Hall–Kier alpha value is -1.85. The smallest absolute Gasteiger partial charge is 0.405 e. The lowest BCUT2D eigenvalue weighted by molar-refractivity contribution is 0.0875. The number of ether oxygens (including phenoxy) is 2. The van der Waals surface area contributed by atoms with E-state index in [1.165, 1.54) is 13.2 Å². The molecule has 0 aliphatic heterocycles. The summed E-state index contributed by atoms with van der Waals surface area (Å²) in [4.78, 5) is 14.5. The molecule has 0 bridgehead atoms. The summed E-state index contributed by atoms with van der Waals surface area (Å²) in [6.07, 6.45) is 1.35.